The second kappa shape index (κ2) is 8.77. The molecule has 0 amide bonds. The van der Waals surface area contributed by atoms with Gasteiger partial charge in [0.15, 0.2) is 6.10 Å². The summed E-state index contributed by atoms with van der Waals surface area (Å²) in [4.78, 5) is 13.7. The molecular weight excluding hydrogens is 364 g/mol. The third-order valence-corrected chi connectivity index (χ3v) is 5.50. The topological polar surface area (TPSA) is 26.3 Å². The van der Waals surface area contributed by atoms with Crippen LogP contribution in [-0.4, -0.2) is 11.7 Å². The molecule has 0 aliphatic carbocycles. The molecular formula is C25H20O2S. The van der Waals surface area contributed by atoms with Crippen LogP contribution in [0.3, 0.4) is 0 Å². The van der Waals surface area contributed by atoms with Crippen molar-refractivity contribution in [1.29, 1.82) is 0 Å². The Morgan fingerprint density at radius 1 is 0.714 bits per heavy atom. The lowest BCUT2D eigenvalue weighted by molar-refractivity contribution is -0.144. The number of fused-ring (bicyclic) bond motifs is 1. The van der Waals surface area contributed by atoms with E-state index in [4.69, 9.17) is 4.74 Å². The maximum atomic E-state index is 12.6. The lowest BCUT2D eigenvalue weighted by Gasteiger charge is -2.19. The fraction of sp³-hybridized carbons (Fsp3) is 0.0800. The van der Waals surface area contributed by atoms with Crippen LogP contribution in [0.25, 0.3) is 10.8 Å². The van der Waals surface area contributed by atoms with E-state index in [0.29, 0.717) is 0 Å². The first kappa shape index (κ1) is 18.3. The van der Waals surface area contributed by atoms with Crippen molar-refractivity contribution in [3.63, 3.8) is 0 Å². The number of rotatable bonds is 6. The highest BCUT2D eigenvalue weighted by molar-refractivity contribution is 8.00. The first-order valence-electron chi connectivity index (χ1n) is 9.20. The van der Waals surface area contributed by atoms with Gasteiger partial charge in [-0.05, 0) is 34.0 Å². The number of thioether (sulfide) groups is 1. The van der Waals surface area contributed by atoms with Gasteiger partial charge < -0.3 is 4.74 Å². The van der Waals surface area contributed by atoms with E-state index in [9.17, 15) is 4.79 Å². The fourth-order valence-corrected chi connectivity index (χ4v) is 3.88. The van der Waals surface area contributed by atoms with Gasteiger partial charge in [0.25, 0.3) is 0 Å². The molecule has 4 aromatic carbocycles. The number of carbonyl (C=O) groups excluding carboxylic acids is 1. The van der Waals surface area contributed by atoms with Crippen LogP contribution in [0.5, 0.6) is 0 Å². The van der Waals surface area contributed by atoms with Crippen LogP contribution in [0.4, 0.5) is 0 Å². The molecule has 4 aromatic rings. The summed E-state index contributed by atoms with van der Waals surface area (Å²) < 4.78 is 5.87. The van der Waals surface area contributed by atoms with E-state index in [-0.39, 0.29) is 11.7 Å². The Hall–Kier alpha value is -3.04. The van der Waals surface area contributed by atoms with Crippen LogP contribution < -0.4 is 0 Å². The molecule has 28 heavy (non-hydrogen) atoms. The van der Waals surface area contributed by atoms with E-state index in [2.05, 4.69) is 24.3 Å². The Morgan fingerprint density at radius 2 is 1.29 bits per heavy atom. The van der Waals surface area contributed by atoms with Gasteiger partial charge in [-0.2, -0.15) is 0 Å². The predicted octanol–water partition coefficient (Wildman–Crippen LogP) is 6.26. The van der Waals surface area contributed by atoms with Crippen LogP contribution in [0.2, 0.25) is 0 Å². The lowest BCUT2D eigenvalue weighted by atomic mass is 10.0. The van der Waals surface area contributed by atoms with E-state index in [0.717, 1.165) is 16.0 Å². The maximum Gasteiger partial charge on any atom is 0.317 e. The van der Waals surface area contributed by atoms with E-state index in [1.165, 1.54) is 22.5 Å². The highest BCUT2D eigenvalue weighted by Gasteiger charge is 2.18. The summed E-state index contributed by atoms with van der Waals surface area (Å²) in [6.07, 6.45) is -0.396. The molecule has 0 radical (unpaired) electrons. The molecule has 0 saturated carbocycles. The number of hydrogen-bond acceptors (Lipinski definition) is 3. The zero-order valence-electron chi connectivity index (χ0n) is 15.3. The number of carbonyl (C=O) groups is 1. The Morgan fingerprint density at radius 3 is 1.93 bits per heavy atom. The summed E-state index contributed by atoms with van der Waals surface area (Å²) in [7, 11) is 0. The van der Waals surface area contributed by atoms with Crippen LogP contribution in [0.15, 0.2) is 108 Å². The van der Waals surface area contributed by atoms with E-state index < -0.39 is 6.10 Å². The average Bonchev–Trinajstić information content (AvgIpc) is 2.77. The summed E-state index contributed by atoms with van der Waals surface area (Å²) in [5, 5.41) is 2.37. The summed E-state index contributed by atoms with van der Waals surface area (Å²) in [6.45, 7) is 0. The second-order valence-corrected chi connectivity index (χ2v) is 7.54. The van der Waals surface area contributed by atoms with E-state index in [1.54, 1.807) is 0 Å². The van der Waals surface area contributed by atoms with Crippen molar-refractivity contribution in [2.45, 2.75) is 11.0 Å². The third kappa shape index (κ3) is 4.44. The van der Waals surface area contributed by atoms with Crippen molar-refractivity contribution >= 4 is 28.5 Å². The largest absolute Gasteiger partial charge is 0.452 e. The minimum absolute atomic E-state index is 0.226. The minimum atomic E-state index is -0.396. The lowest BCUT2D eigenvalue weighted by Crippen LogP contribution is -2.14. The van der Waals surface area contributed by atoms with Crippen molar-refractivity contribution in [2.24, 2.45) is 0 Å². The summed E-state index contributed by atoms with van der Waals surface area (Å²) in [5.41, 5.74) is 1.94. The molecule has 0 heterocycles. The normalized spacial score (nSPS) is 10.9. The summed E-state index contributed by atoms with van der Waals surface area (Å²) in [5.74, 6) is 0.0463. The quantitative estimate of drug-likeness (QED) is 0.290. The highest BCUT2D eigenvalue weighted by Crippen LogP contribution is 2.28. The molecule has 3 heteroatoms. The van der Waals surface area contributed by atoms with E-state index in [1.807, 2.05) is 78.9 Å². The van der Waals surface area contributed by atoms with Gasteiger partial charge in [-0.25, -0.2) is 0 Å². The molecule has 0 fully saturated rings. The zero-order chi connectivity index (χ0) is 19.2. The molecule has 2 nitrogen and oxygen atoms in total. The molecule has 0 N–H and O–H groups in total. The Bertz CT molecular complexity index is 1020. The molecule has 138 valence electrons. The van der Waals surface area contributed by atoms with Gasteiger partial charge in [0.05, 0.1) is 5.75 Å². The highest BCUT2D eigenvalue weighted by atomic mass is 32.2. The van der Waals surface area contributed by atoms with Gasteiger partial charge >= 0.3 is 5.97 Å². The first-order valence-corrected chi connectivity index (χ1v) is 10.2. The zero-order valence-corrected chi connectivity index (χ0v) is 16.1. The average molecular weight is 385 g/mol. The van der Waals surface area contributed by atoms with Crippen molar-refractivity contribution in [3.05, 3.63) is 114 Å². The molecule has 0 unspecified atom stereocenters. The second-order valence-electron chi connectivity index (χ2n) is 6.49. The molecule has 0 spiro atoms. The molecule has 0 bridgehead atoms. The smallest absolute Gasteiger partial charge is 0.317 e. The fourth-order valence-electron chi connectivity index (χ4n) is 3.15. The summed E-state index contributed by atoms with van der Waals surface area (Å²) >= 11 is 1.50. The minimum Gasteiger partial charge on any atom is -0.452 e. The van der Waals surface area contributed by atoms with Crippen molar-refractivity contribution < 1.29 is 9.53 Å². The monoisotopic (exact) mass is 384 g/mol. The molecule has 0 aliphatic rings. The molecule has 0 saturated heterocycles. The van der Waals surface area contributed by atoms with Gasteiger partial charge in [-0.3, -0.25) is 4.79 Å². The molecule has 0 aromatic heterocycles. The van der Waals surface area contributed by atoms with Crippen molar-refractivity contribution in [3.8, 4) is 0 Å². The van der Waals surface area contributed by atoms with Gasteiger partial charge in [-0.15, -0.1) is 11.8 Å². The van der Waals surface area contributed by atoms with Crippen molar-refractivity contribution in [2.75, 3.05) is 5.75 Å². The van der Waals surface area contributed by atoms with E-state index >= 15 is 0 Å². The Kier molecular flexibility index (Phi) is 5.74. The van der Waals surface area contributed by atoms with Gasteiger partial charge in [-0.1, -0.05) is 91.0 Å². The number of hydrogen-bond donors (Lipinski definition) is 0. The van der Waals surface area contributed by atoms with Crippen LogP contribution in [0.1, 0.15) is 17.2 Å². The number of benzene rings is 4. The van der Waals surface area contributed by atoms with Crippen LogP contribution >= 0.6 is 11.8 Å². The number of esters is 1. The van der Waals surface area contributed by atoms with Crippen LogP contribution in [-0.2, 0) is 9.53 Å². The third-order valence-electron chi connectivity index (χ3n) is 4.53. The first-order chi connectivity index (χ1) is 13.8. The van der Waals surface area contributed by atoms with Gasteiger partial charge in [0.1, 0.15) is 0 Å². The van der Waals surface area contributed by atoms with Crippen LogP contribution in [0, 0.1) is 0 Å². The van der Waals surface area contributed by atoms with Gasteiger partial charge in [0.2, 0.25) is 0 Å². The standard InChI is InChI=1S/C25H20O2S/c26-24(18-28-23-16-15-19-9-7-8-14-22(19)17-23)27-25(20-10-3-1-4-11-20)21-12-5-2-6-13-21/h1-17,25H,18H2. The number of ether oxygens (including phenoxy) is 1. The van der Waals surface area contributed by atoms with Crippen molar-refractivity contribution in [1.82, 2.24) is 0 Å². The Balaban J connectivity index is 1.47. The SMILES string of the molecule is O=C(CSc1ccc2ccccc2c1)OC(c1ccccc1)c1ccccc1. The predicted molar refractivity (Wildman–Crippen MR) is 115 cm³/mol. The molecule has 0 aliphatic heterocycles. The maximum absolute atomic E-state index is 12.6. The Labute approximate surface area is 169 Å². The molecule has 4 rings (SSSR count). The van der Waals surface area contributed by atoms with Gasteiger partial charge in [0, 0.05) is 4.90 Å². The summed E-state index contributed by atoms with van der Waals surface area (Å²) in [6, 6.07) is 34.2. The molecule has 0 atom stereocenters.